The van der Waals surface area contributed by atoms with Gasteiger partial charge in [0, 0.05) is 36.0 Å². The summed E-state index contributed by atoms with van der Waals surface area (Å²) in [4.78, 5) is 35.9. The summed E-state index contributed by atoms with van der Waals surface area (Å²) in [6, 6.07) is 9.23. The molecule has 0 saturated heterocycles. The highest BCUT2D eigenvalue weighted by Gasteiger charge is 2.20. The number of likely N-dealkylation sites (N-methyl/N-ethyl adjacent to an activating group) is 1. The third kappa shape index (κ3) is 6.01. The van der Waals surface area contributed by atoms with Crippen molar-refractivity contribution in [3.63, 3.8) is 0 Å². The van der Waals surface area contributed by atoms with Crippen LogP contribution in [0.1, 0.15) is 29.8 Å². The van der Waals surface area contributed by atoms with Crippen LogP contribution in [0.5, 0.6) is 0 Å². The van der Waals surface area contributed by atoms with E-state index in [1.165, 1.54) is 43.3 Å². The molecule has 0 atom stereocenters. The smallest absolute Gasteiger partial charge is 0.273 e. The van der Waals surface area contributed by atoms with Crippen LogP contribution < -0.4 is 10.0 Å². The SMILES string of the molecule is CCN(CC)C(=O)CNC(=O)c1ccc(NS(=O)(=O)c2ccc(C)c([N+](=O)[O-])c2)cc1. The van der Waals surface area contributed by atoms with Crippen molar-refractivity contribution >= 4 is 33.2 Å². The molecule has 10 nitrogen and oxygen atoms in total. The number of nitro benzene ring substituents is 1. The number of aryl methyl sites for hydroxylation is 1. The number of nitrogens with zero attached hydrogens (tertiary/aromatic N) is 2. The van der Waals surface area contributed by atoms with Gasteiger partial charge in [0.1, 0.15) is 0 Å². The van der Waals surface area contributed by atoms with Crippen molar-refractivity contribution in [2.45, 2.75) is 25.7 Å². The maximum atomic E-state index is 12.5. The lowest BCUT2D eigenvalue weighted by Crippen LogP contribution is -2.39. The Balaban J connectivity index is 2.08. The van der Waals surface area contributed by atoms with Crippen molar-refractivity contribution in [3.05, 3.63) is 63.7 Å². The summed E-state index contributed by atoms with van der Waals surface area (Å²) in [5, 5.41) is 13.6. The maximum absolute atomic E-state index is 12.5. The van der Waals surface area contributed by atoms with E-state index in [0.717, 1.165) is 6.07 Å². The van der Waals surface area contributed by atoms with Crippen LogP contribution in [0.4, 0.5) is 11.4 Å². The number of sulfonamides is 1. The molecule has 2 amide bonds. The standard InChI is InChI=1S/C20H24N4O6S/c1-4-23(5-2)19(25)13-21-20(26)15-7-9-16(10-8-15)22-31(29,30)17-11-6-14(3)18(12-17)24(27)28/h6-12,22H,4-5,13H2,1-3H3,(H,21,26). The van der Waals surface area contributed by atoms with E-state index in [2.05, 4.69) is 10.0 Å². The Kier molecular flexibility index (Phi) is 7.70. The van der Waals surface area contributed by atoms with Crippen LogP contribution >= 0.6 is 0 Å². The van der Waals surface area contributed by atoms with Crippen LogP contribution in [0.15, 0.2) is 47.4 Å². The fourth-order valence-corrected chi connectivity index (χ4v) is 3.88. The van der Waals surface area contributed by atoms with Gasteiger partial charge in [-0.05, 0) is 51.1 Å². The molecule has 2 N–H and O–H groups in total. The quantitative estimate of drug-likeness (QED) is 0.446. The minimum Gasteiger partial charge on any atom is -0.343 e. The molecular formula is C20H24N4O6S. The Morgan fingerprint density at radius 3 is 2.23 bits per heavy atom. The Bertz CT molecular complexity index is 1080. The lowest BCUT2D eigenvalue weighted by Gasteiger charge is -2.18. The van der Waals surface area contributed by atoms with E-state index in [4.69, 9.17) is 0 Å². The summed E-state index contributed by atoms with van der Waals surface area (Å²) in [5.74, 6) is -0.668. The lowest BCUT2D eigenvalue weighted by atomic mass is 10.2. The highest BCUT2D eigenvalue weighted by atomic mass is 32.2. The van der Waals surface area contributed by atoms with E-state index in [1.54, 1.807) is 4.90 Å². The second-order valence-corrected chi connectivity index (χ2v) is 8.32. The molecule has 0 aliphatic rings. The Morgan fingerprint density at radius 1 is 1.06 bits per heavy atom. The molecule has 0 aromatic heterocycles. The molecule has 11 heteroatoms. The van der Waals surface area contributed by atoms with Crippen LogP contribution in [0, 0.1) is 17.0 Å². The monoisotopic (exact) mass is 448 g/mol. The van der Waals surface area contributed by atoms with Gasteiger partial charge in [-0.2, -0.15) is 0 Å². The van der Waals surface area contributed by atoms with Gasteiger partial charge in [-0.1, -0.05) is 6.07 Å². The fraction of sp³-hybridized carbons (Fsp3) is 0.300. The largest absolute Gasteiger partial charge is 0.343 e. The number of benzene rings is 2. The Hall–Kier alpha value is -3.47. The third-order valence-electron chi connectivity index (χ3n) is 4.60. The van der Waals surface area contributed by atoms with Crippen molar-refractivity contribution < 1.29 is 22.9 Å². The van der Waals surface area contributed by atoms with Gasteiger partial charge in [-0.15, -0.1) is 0 Å². The van der Waals surface area contributed by atoms with Gasteiger partial charge in [-0.25, -0.2) is 8.42 Å². The predicted molar refractivity (Wildman–Crippen MR) is 115 cm³/mol. The molecule has 2 rings (SSSR count). The van der Waals surface area contributed by atoms with Gasteiger partial charge < -0.3 is 10.2 Å². The summed E-state index contributed by atoms with van der Waals surface area (Å²) in [7, 11) is -4.06. The van der Waals surface area contributed by atoms with Gasteiger partial charge in [-0.3, -0.25) is 24.4 Å². The van der Waals surface area contributed by atoms with Crippen LogP contribution in [0.25, 0.3) is 0 Å². The summed E-state index contributed by atoms with van der Waals surface area (Å²) in [6.07, 6.45) is 0. The minimum atomic E-state index is -4.06. The topological polar surface area (TPSA) is 139 Å². The highest BCUT2D eigenvalue weighted by Crippen LogP contribution is 2.24. The Morgan fingerprint density at radius 2 is 1.68 bits per heavy atom. The second kappa shape index (κ2) is 10.0. The van der Waals surface area contributed by atoms with Gasteiger partial charge in [0.15, 0.2) is 0 Å². The van der Waals surface area contributed by atoms with Crippen LogP contribution in [0.2, 0.25) is 0 Å². The molecule has 31 heavy (non-hydrogen) atoms. The average Bonchev–Trinajstić information content (AvgIpc) is 2.73. The first-order chi connectivity index (χ1) is 14.6. The van der Waals surface area contributed by atoms with Gasteiger partial charge in [0.05, 0.1) is 16.4 Å². The first-order valence-electron chi connectivity index (χ1n) is 9.53. The average molecular weight is 449 g/mol. The van der Waals surface area contributed by atoms with E-state index in [0.29, 0.717) is 18.7 Å². The molecule has 0 saturated carbocycles. The molecule has 0 fully saturated rings. The molecule has 0 aliphatic heterocycles. The summed E-state index contributed by atoms with van der Waals surface area (Å²) in [6.45, 7) is 6.16. The van der Waals surface area contributed by atoms with Crippen molar-refractivity contribution in [2.75, 3.05) is 24.4 Å². The number of rotatable bonds is 9. The predicted octanol–water partition coefficient (Wildman–Crippen LogP) is 2.30. The van der Waals surface area contributed by atoms with Crippen LogP contribution in [-0.4, -0.2) is 49.7 Å². The minimum absolute atomic E-state index is 0.138. The zero-order valence-corrected chi connectivity index (χ0v) is 18.2. The molecule has 2 aromatic carbocycles. The van der Waals surface area contributed by atoms with Crippen molar-refractivity contribution in [3.8, 4) is 0 Å². The number of carbonyl (C=O) groups is 2. The number of anilines is 1. The highest BCUT2D eigenvalue weighted by molar-refractivity contribution is 7.92. The van der Waals surface area contributed by atoms with E-state index >= 15 is 0 Å². The molecule has 2 aromatic rings. The molecule has 0 heterocycles. The zero-order valence-electron chi connectivity index (χ0n) is 17.4. The number of hydrogen-bond donors (Lipinski definition) is 2. The second-order valence-electron chi connectivity index (χ2n) is 6.64. The number of nitro groups is 1. The van der Waals surface area contributed by atoms with Gasteiger partial charge >= 0.3 is 0 Å². The van der Waals surface area contributed by atoms with Crippen molar-refractivity contribution in [1.29, 1.82) is 0 Å². The number of carbonyl (C=O) groups excluding carboxylic acids is 2. The molecular weight excluding hydrogens is 424 g/mol. The van der Waals surface area contributed by atoms with Crippen LogP contribution in [0.3, 0.4) is 0 Å². The van der Waals surface area contributed by atoms with Crippen molar-refractivity contribution in [2.24, 2.45) is 0 Å². The fourth-order valence-electron chi connectivity index (χ4n) is 2.80. The zero-order chi connectivity index (χ0) is 23.2. The first kappa shape index (κ1) is 23.8. The number of amides is 2. The molecule has 0 aliphatic carbocycles. The summed E-state index contributed by atoms with van der Waals surface area (Å²) < 4.78 is 27.4. The molecule has 0 spiro atoms. The summed E-state index contributed by atoms with van der Waals surface area (Å²) >= 11 is 0. The van der Waals surface area contributed by atoms with Crippen LogP contribution in [-0.2, 0) is 14.8 Å². The lowest BCUT2D eigenvalue weighted by molar-refractivity contribution is -0.385. The summed E-state index contributed by atoms with van der Waals surface area (Å²) in [5.41, 5.74) is 0.480. The molecule has 166 valence electrons. The normalized spacial score (nSPS) is 10.9. The number of hydrogen-bond acceptors (Lipinski definition) is 6. The number of nitrogens with one attached hydrogen (secondary N) is 2. The van der Waals surface area contributed by atoms with Gasteiger partial charge in [0.2, 0.25) is 5.91 Å². The maximum Gasteiger partial charge on any atom is 0.273 e. The molecule has 0 radical (unpaired) electrons. The van der Waals surface area contributed by atoms with E-state index in [9.17, 15) is 28.1 Å². The van der Waals surface area contributed by atoms with E-state index in [-0.39, 0.29) is 34.3 Å². The first-order valence-corrected chi connectivity index (χ1v) is 11.0. The Labute approximate surface area is 180 Å². The van der Waals surface area contributed by atoms with E-state index < -0.39 is 20.9 Å². The molecule has 0 unspecified atom stereocenters. The molecule has 0 bridgehead atoms. The van der Waals surface area contributed by atoms with E-state index in [1.807, 2.05) is 13.8 Å². The van der Waals surface area contributed by atoms with Gasteiger partial charge in [0.25, 0.3) is 21.6 Å². The third-order valence-corrected chi connectivity index (χ3v) is 5.98. The van der Waals surface area contributed by atoms with Crippen molar-refractivity contribution in [1.82, 2.24) is 10.2 Å².